The molecule has 8 heteroatoms. The summed E-state index contributed by atoms with van der Waals surface area (Å²) in [7, 11) is 0. The van der Waals surface area contributed by atoms with Gasteiger partial charge in [0.1, 0.15) is 18.2 Å². The van der Waals surface area contributed by atoms with Crippen LogP contribution in [0.25, 0.3) is 0 Å². The Morgan fingerprint density at radius 3 is 2.81 bits per heavy atom. The van der Waals surface area contributed by atoms with Crippen LogP contribution < -0.4 is 10.1 Å². The van der Waals surface area contributed by atoms with E-state index in [1.54, 1.807) is 29.1 Å². The number of aryl methyl sites for hydroxylation is 2. The summed E-state index contributed by atoms with van der Waals surface area (Å²) < 4.78 is 22.0. The van der Waals surface area contributed by atoms with E-state index >= 15 is 0 Å². The third-order valence-electron chi connectivity index (χ3n) is 4.84. The lowest BCUT2D eigenvalue weighted by Gasteiger charge is -2.08. The normalized spacial score (nSPS) is 10.9. The fourth-order valence-electron chi connectivity index (χ4n) is 3.23. The van der Waals surface area contributed by atoms with Gasteiger partial charge in [0.25, 0.3) is 5.91 Å². The number of rotatable bonds is 7. The number of aromatic nitrogens is 2. The van der Waals surface area contributed by atoms with Gasteiger partial charge in [-0.2, -0.15) is 5.10 Å². The average molecular weight is 514 g/mol. The van der Waals surface area contributed by atoms with Crippen molar-refractivity contribution in [1.29, 1.82) is 0 Å². The van der Waals surface area contributed by atoms with Crippen LogP contribution in [0.5, 0.6) is 5.75 Å². The van der Waals surface area contributed by atoms with Gasteiger partial charge in [0, 0.05) is 17.3 Å². The van der Waals surface area contributed by atoms with Crippen LogP contribution in [-0.2, 0) is 13.2 Å². The van der Waals surface area contributed by atoms with Crippen molar-refractivity contribution in [2.24, 2.45) is 0 Å². The molecule has 4 aromatic rings. The molecule has 4 rings (SSSR count). The molecule has 1 amide bonds. The maximum Gasteiger partial charge on any atom is 0.266 e. The van der Waals surface area contributed by atoms with E-state index in [9.17, 15) is 9.18 Å². The Hall–Kier alpha value is -2.97. The van der Waals surface area contributed by atoms with E-state index in [4.69, 9.17) is 4.74 Å². The summed E-state index contributed by atoms with van der Waals surface area (Å²) in [5.74, 6) is 0.661. The lowest BCUT2D eigenvalue weighted by atomic mass is 10.1. The van der Waals surface area contributed by atoms with Crippen molar-refractivity contribution in [1.82, 2.24) is 9.78 Å². The van der Waals surface area contributed by atoms with Gasteiger partial charge >= 0.3 is 0 Å². The molecule has 0 bridgehead atoms. The third kappa shape index (κ3) is 5.26. The fourth-order valence-corrected chi connectivity index (χ4v) is 4.43. The number of anilines is 1. The van der Waals surface area contributed by atoms with Gasteiger partial charge in [-0.1, -0.05) is 35.9 Å². The highest BCUT2D eigenvalue weighted by molar-refractivity contribution is 9.10. The monoisotopic (exact) mass is 513 g/mol. The molecule has 2 aromatic heterocycles. The molecular formula is C24H21BrFN3O2S. The summed E-state index contributed by atoms with van der Waals surface area (Å²) in [6.45, 7) is 4.70. The summed E-state index contributed by atoms with van der Waals surface area (Å²) >= 11 is 4.75. The van der Waals surface area contributed by atoms with Crippen LogP contribution in [0, 0.1) is 19.7 Å². The second kappa shape index (κ2) is 9.67. The van der Waals surface area contributed by atoms with Crippen molar-refractivity contribution in [2.75, 3.05) is 5.32 Å². The number of carbonyl (C=O) groups excluding carboxylic acids is 1. The van der Waals surface area contributed by atoms with Gasteiger partial charge in [-0.25, -0.2) is 4.39 Å². The molecule has 0 radical (unpaired) electrons. The standard InChI is InChI=1S/C24H21BrFN3O2S/c1-15-7-8-21(16(2)9-15)31-13-17-10-22(32-14-17)24(30)27-23-19(25)12-29(28-23)11-18-5-3-4-6-20(18)26/h3-10,12,14H,11,13H2,1-2H3,(H,27,28,30). The maximum atomic E-state index is 13.9. The Bertz CT molecular complexity index is 1270. The first-order valence-electron chi connectivity index (χ1n) is 9.94. The number of nitrogens with zero attached hydrogens (tertiary/aromatic N) is 2. The van der Waals surface area contributed by atoms with Crippen LogP contribution in [0.3, 0.4) is 0 Å². The van der Waals surface area contributed by atoms with E-state index in [2.05, 4.69) is 32.4 Å². The van der Waals surface area contributed by atoms with Crippen molar-refractivity contribution in [3.63, 3.8) is 0 Å². The molecule has 32 heavy (non-hydrogen) atoms. The van der Waals surface area contributed by atoms with Gasteiger partial charge in [-0.05, 0) is 58.9 Å². The summed E-state index contributed by atoms with van der Waals surface area (Å²) in [4.78, 5) is 13.3. The first kappa shape index (κ1) is 22.2. The Morgan fingerprint density at radius 1 is 1.22 bits per heavy atom. The van der Waals surface area contributed by atoms with E-state index in [1.807, 2.05) is 37.4 Å². The number of ether oxygens (including phenoxy) is 1. The number of benzene rings is 2. The Labute approximate surface area is 198 Å². The zero-order chi connectivity index (χ0) is 22.7. The molecule has 0 spiro atoms. The first-order valence-corrected chi connectivity index (χ1v) is 11.6. The molecule has 0 unspecified atom stereocenters. The summed E-state index contributed by atoms with van der Waals surface area (Å²) in [6, 6.07) is 14.4. The second-order valence-electron chi connectivity index (χ2n) is 7.45. The number of amides is 1. The zero-order valence-electron chi connectivity index (χ0n) is 17.6. The highest BCUT2D eigenvalue weighted by Crippen LogP contribution is 2.25. The zero-order valence-corrected chi connectivity index (χ0v) is 20.0. The van der Waals surface area contributed by atoms with Crippen LogP contribution in [0.1, 0.15) is 31.9 Å². The summed E-state index contributed by atoms with van der Waals surface area (Å²) in [5.41, 5.74) is 3.71. The van der Waals surface area contributed by atoms with Crippen molar-refractivity contribution >= 4 is 39.0 Å². The molecule has 1 N–H and O–H groups in total. The second-order valence-corrected chi connectivity index (χ2v) is 9.21. The molecule has 0 fully saturated rings. The Morgan fingerprint density at radius 2 is 2.03 bits per heavy atom. The molecule has 164 valence electrons. The van der Waals surface area contributed by atoms with Crippen LogP contribution in [0.15, 0.2) is 64.6 Å². The molecule has 0 aliphatic carbocycles. The number of thiophene rings is 1. The van der Waals surface area contributed by atoms with Crippen LogP contribution >= 0.6 is 27.3 Å². The Balaban J connectivity index is 1.39. The van der Waals surface area contributed by atoms with Gasteiger partial charge < -0.3 is 10.1 Å². The average Bonchev–Trinajstić information content (AvgIpc) is 3.36. The molecular weight excluding hydrogens is 493 g/mol. The molecule has 0 aliphatic heterocycles. The van der Waals surface area contributed by atoms with Crippen molar-refractivity contribution in [3.8, 4) is 5.75 Å². The largest absolute Gasteiger partial charge is 0.489 e. The van der Waals surface area contributed by atoms with Crippen molar-refractivity contribution < 1.29 is 13.9 Å². The highest BCUT2D eigenvalue weighted by Gasteiger charge is 2.15. The van der Waals surface area contributed by atoms with E-state index in [0.29, 0.717) is 27.3 Å². The van der Waals surface area contributed by atoms with Gasteiger partial charge in [0.05, 0.1) is 15.9 Å². The summed E-state index contributed by atoms with van der Waals surface area (Å²) in [6.07, 6.45) is 1.71. The number of halogens is 2. The van der Waals surface area contributed by atoms with E-state index in [1.165, 1.54) is 23.0 Å². The van der Waals surface area contributed by atoms with E-state index < -0.39 is 0 Å². The fraction of sp³-hybridized carbons (Fsp3) is 0.167. The quantitative estimate of drug-likeness (QED) is 0.313. The minimum Gasteiger partial charge on any atom is -0.489 e. The van der Waals surface area contributed by atoms with Gasteiger partial charge in [-0.15, -0.1) is 11.3 Å². The molecule has 0 saturated carbocycles. The molecule has 5 nitrogen and oxygen atoms in total. The lowest BCUT2D eigenvalue weighted by Crippen LogP contribution is -2.12. The van der Waals surface area contributed by atoms with Crippen molar-refractivity contribution in [3.05, 3.63) is 97.5 Å². The predicted octanol–water partition coefficient (Wildman–Crippen LogP) is 6.34. The van der Waals surface area contributed by atoms with Crippen LogP contribution in [0.4, 0.5) is 10.2 Å². The molecule has 2 aromatic carbocycles. The van der Waals surface area contributed by atoms with Gasteiger partial charge in [0.15, 0.2) is 5.82 Å². The highest BCUT2D eigenvalue weighted by atomic mass is 79.9. The minimum atomic E-state index is -0.293. The maximum absolute atomic E-state index is 13.9. The van der Waals surface area contributed by atoms with Gasteiger partial charge in [-0.3, -0.25) is 9.48 Å². The van der Waals surface area contributed by atoms with E-state index in [0.717, 1.165) is 16.9 Å². The SMILES string of the molecule is Cc1ccc(OCc2csc(C(=O)Nc3nn(Cc4ccccc4F)cc3Br)c2)c(C)c1. The summed E-state index contributed by atoms with van der Waals surface area (Å²) in [5, 5.41) is 9.08. The topological polar surface area (TPSA) is 56.1 Å². The predicted molar refractivity (Wildman–Crippen MR) is 128 cm³/mol. The number of nitrogens with one attached hydrogen (secondary N) is 1. The minimum absolute atomic E-state index is 0.260. The third-order valence-corrected chi connectivity index (χ3v) is 6.40. The molecule has 0 aliphatic rings. The number of carbonyl (C=O) groups is 1. The van der Waals surface area contributed by atoms with Crippen LogP contribution in [0.2, 0.25) is 0 Å². The Kier molecular flexibility index (Phi) is 6.72. The lowest BCUT2D eigenvalue weighted by molar-refractivity contribution is 0.103. The van der Waals surface area contributed by atoms with Gasteiger partial charge in [0.2, 0.25) is 0 Å². The van der Waals surface area contributed by atoms with Crippen LogP contribution in [-0.4, -0.2) is 15.7 Å². The number of hydrogen-bond donors (Lipinski definition) is 1. The number of hydrogen-bond acceptors (Lipinski definition) is 4. The first-order chi connectivity index (χ1) is 15.4. The molecule has 0 saturated heterocycles. The molecule has 0 atom stereocenters. The smallest absolute Gasteiger partial charge is 0.266 e. The van der Waals surface area contributed by atoms with E-state index in [-0.39, 0.29) is 18.3 Å². The molecule has 2 heterocycles. The van der Waals surface area contributed by atoms with Crippen molar-refractivity contribution in [2.45, 2.75) is 27.0 Å².